The number of guanidine groups is 1. The number of unbranched alkanes of at least 4 members (excludes halogenated alkanes) is 1. The van der Waals surface area contributed by atoms with Crippen LogP contribution in [0.25, 0.3) is 0 Å². The van der Waals surface area contributed by atoms with Crippen LogP contribution in [0, 0.1) is 5.41 Å². The Hall–Kier alpha value is -3.59. The summed E-state index contributed by atoms with van der Waals surface area (Å²) in [6, 6.07) is 6.82. The minimum atomic E-state index is -0.821. The number of hydrogen-bond acceptors (Lipinski definition) is 9. The number of primary amides is 1. The lowest BCUT2D eigenvalue weighted by atomic mass is 10.0. The third-order valence-electron chi connectivity index (χ3n) is 6.46. The molecule has 0 aliphatic heterocycles. The van der Waals surface area contributed by atoms with Crippen molar-refractivity contribution < 1.29 is 14.4 Å². The van der Waals surface area contributed by atoms with Gasteiger partial charge in [0.1, 0.15) is 6.04 Å². The highest BCUT2D eigenvalue weighted by Gasteiger charge is 2.26. The first-order valence-corrected chi connectivity index (χ1v) is 14.7. The molecule has 1 aromatic heterocycles. The second-order valence-corrected chi connectivity index (χ2v) is 10.6. The van der Waals surface area contributed by atoms with Crippen LogP contribution in [0.5, 0.6) is 0 Å². The second-order valence-electron chi connectivity index (χ2n) is 9.88. The summed E-state index contributed by atoms with van der Waals surface area (Å²) in [5, 5.41) is 21.0. The second kappa shape index (κ2) is 18.7. The molecule has 3 amide bonds. The smallest absolute Gasteiger partial charge is 0.240 e. The summed E-state index contributed by atoms with van der Waals surface area (Å²) in [6.45, 7) is 1.18. The number of benzene rings is 1. The van der Waals surface area contributed by atoms with Gasteiger partial charge in [0.05, 0.1) is 23.3 Å². The quantitative estimate of drug-likeness (QED) is 0.0526. The van der Waals surface area contributed by atoms with E-state index in [2.05, 4.69) is 26.3 Å². The van der Waals surface area contributed by atoms with Crippen LogP contribution in [0.2, 0.25) is 0 Å². The molecule has 0 aliphatic carbocycles. The Labute approximate surface area is 245 Å². The maximum absolute atomic E-state index is 13.3. The van der Waals surface area contributed by atoms with Crippen LogP contribution in [-0.4, -0.2) is 72.5 Å². The average molecular weight is 589 g/mol. The first-order chi connectivity index (χ1) is 19.7. The largest absolute Gasteiger partial charge is 0.370 e. The van der Waals surface area contributed by atoms with Crippen LogP contribution >= 0.6 is 11.3 Å². The number of thiazole rings is 1. The van der Waals surface area contributed by atoms with Crippen molar-refractivity contribution in [1.29, 1.82) is 5.41 Å². The van der Waals surface area contributed by atoms with E-state index in [1.807, 2.05) is 35.7 Å². The summed E-state index contributed by atoms with van der Waals surface area (Å²) in [4.78, 5) is 42.6. The number of nitrogens with one attached hydrogen (secondary N) is 5. The number of carbonyl (C=O) groups excluding carboxylic acids is 3. The van der Waals surface area contributed by atoms with Crippen LogP contribution < -0.4 is 44.2 Å². The summed E-state index contributed by atoms with van der Waals surface area (Å²) < 4.78 is 0. The molecule has 226 valence electrons. The van der Waals surface area contributed by atoms with Crippen molar-refractivity contribution in [2.45, 2.75) is 69.1 Å². The molecule has 4 atom stereocenters. The molecule has 1 heterocycles. The number of amides is 3. The molecule has 0 radical (unpaired) electrons. The van der Waals surface area contributed by atoms with Gasteiger partial charge < -0.3 is 44.2 Å². The van der Waals surface area contributed by atoms with E-state index < -0.39 is 29.9 Å². The molecule has 13 N–H and O–H groups in total. The summed E-state index contributed by atoms with van der Waals surface area (Å²) in [6.07, 6.45) is 3.56. The number of nitrogens with two attached hydrogens (primary N) is 4. The lowest BCUT2D eigenvalue weighted by Crippen LogP contribution is -2.55. The van der Waals surface area contributed by atoms with E-state index in [0.717, 1.165) is 11.3 Å². The molecule has 0 aliphatic rings. The van der Waals surface area contributed by atoms with Gasteiger partial charge in [0.25, 0.3) is 0 Å². The van der Waals surface area contributed by atoms with Crippen LogP contribution in [0.1, 0.15) is 43.4 Å². The zero-order chi connectivity index (χ0) is 30.0. The van der Waals surface area contributed by atoms with E-state index in [9.17, 15) is 14.4 Å². The van der Waals surface area contributed by atoms with Gasteiger partial charge >= 0.3 is 0 Å². The molecular formula is C27H44N10O3S. The standard InChI is InChI=1S/C27H44N10O3S/c28-11-5-4-10-22(24(30)38)37-26(40)23(14-20-16-41-17-35-20)34-15-19(9-6-12-33-27(31)32)36-25(39)21(29)13-18-7-2-1-3-8-18/h1-3,7-8,16-17,19,21-23,34H,4-6,9-15,28-29H2,(H2,30,38)(H,36,39)(H,37,40)(H4,31,32,33)/t19-,21+,22+,23+/m1/s1. The summed E-state index contributed by atoms with van der Waals surface area (Å²) in [7, 11) is 0. The van der Waals surface area contributed by atoms with Gasteiger partial charge in [-0.05, 0) is 50.6 Å². The zero-order valence-corrected chi connectivity index (χ0v) is 24.1. The van der Waals surface area contributed by atoms with Gasteiger partial charge in [-0.2, -0.15) is 0 Å². The van der Waals surface area contributed by atoms with E-state index in [-0.39, 0.29) is 30.9 Å². The van der Waals surface area contributed by atoms with Gasteiger partial charge in [-0.25, -0.2) is 4.98 Å². The van der Waals surface area contributed by atoms with Crippen molar-refractivity contribution in [1.82, 2.24) is 26.3 Å². The number of aromatic nitrogens is 1. The van der Waals surface area contributed by atoms with Crippen molar-refractivity contribution >= 4 is 35.0 Å². The van der Waals surface area contributed by atoms with Gasteiger partial charge in [0.15, 0.2) is 5.96 Å². The molecule has 0 saturated carbocycles. The fraction of sp³-hybridized carbons (Fsp3) is 0.519. The van der Waals surface area contributed by atoms with Gasteiger partial charge in [-0.1, -0.05) is 30.3 Å². The average Bonchev–Trinajstić information content (AvgIpc) is 3.46. The Balaban J connectivity index is 2.09. The molecule has 1 aromatic carbocycles. The topological polar surface area (TPSA) is 240 Å². The Morgan fingerprint density at radius 1 is 0.951 bits per heavy atom. The van der Waals surface area contributed by atoms with E-state index >= 15 is 0 Å². The third kappa shape index (κ3) is 13.5. The van der Waals surface area contributed by atoms with E-state index in [0.29, 0.717) is 51.6 Å². The van der Waals surface area contributed by atoms with E-state index in [1.165, 1.54) is 11.3 Å². The first-order valence-electron chi connectivity index (χ1n) is 13.8. The molecule has 2 rings (SSSR count). The van der Waals surface area contributed by atoms with Crippen molar-refractivity contribution in [3.63, 3.8) is 0 Å². The Morgan fingerprint density at radius 2 is 1.71 bits per heavy atom. The monoisotopic (exact) mass is 588 g/mol. The van der Waals surface area contributed by atoms with Crippen LogP contribution in [0.3, 0.4) is 0 Å². The maximum atomic E-state index is 13.3. The summed E-state index contributed by atoms with van der Waals surface area (Å²) in [5.74, 6) is -1.45. The maximum Gasteiger partial charge on any atom is 0.240 e. The summed E-state index contributed by atoms with van der Waals surface area (Å²) in [5.41, 5.74) is 26.0. The van der Waals surface area contributed by atoms with Crippen LogP contribution in [0.4, 0.5) is 0 Å². The molecule has 41 heavy (non-hydrogen) atoms. The number of rotatable bonds is 20. The molecule has 2 aromatic rings. The Bertz CT molecular complexity index is 1070. The number of hydrogen-bond donors (Lipinski definition) is 9. The molecule has 0 unspecified atom stereocenters. The lowest BCUT2D eigenvalue weighted by Gasteiger charge is -2.26. The molecule has 0 bridgehead atoms. The minimum Gasteiger partial charge on any atom is -0.370 e. The third-order valence-corrected chi connectivity index (χ3v) is 7.09. The SMILES string of the molecule is N=C(N)NCCC[C@H](CN[C@@H](Cc1cscn1)C(=O)N[C@@H](CCCCN)C(N)=O)NC(=O)[C@@H](N)Cc1ccccc1. The number of carbonyl (C=O) groups is 3. The predicted octanol–water partition coefficient (Wildman–Crippen LogP) is -0.939. The van der Waals surface area contributed by atoms with Gasteiger partial charge in [-0.15, -0.1) is 11.3 Å². The number of nitrogens with zero attached hydrogens (tertiary/aromatic N) is 1. The van der Waals surface area contributed by atoms with Crippen LogP contribution in [0.15, 0.2) is 41.2 Å². The minimum absolute atomic E-state index is 0.135. The molecule has 0 spiro atoms. The van der Waals surface area contributed by atoms with Crippen molar-refractivity contribution in [3.8, 4) is 0 Å². The van der Waals surface area contributed by atoms with Gasteiger partial charge in [0, 0.05) is 30.9 Å². The lowest BCUT2D eigenvalue weighted by molar-refractivity contribution is -0.128. The van der Waals surface area contributed by atoms with Crippen molar-refractivity contribution in [2.24, 2.45) is 22.9 Å². The molecule has 0 saturated heterocycles. The van der Waals surface area contributed by atoms with E-state index in [1.54, 1.807) is 5.51 Å². The van der Waals surface area contributed by atoms with Gasteiger partial charge in [-0.3, -0.25) is 19.8 Å². The van der Waals surface area contributed by atoms with E-state index in [4.69, 9.17) is 28.3 Å². The first kappa shape index (κ1) is 33.6. The predicted molar refractivity (Wildman–Crippen MR) is 161 cm³/mol. The molecule has 14 heteroatoms. The highest BCUT2D eigenvalue weighted by molar-refractivity contribution is 7.07. The van der Waals surface area contributed by atoms with Crippen LogP contribution in [-0.2, 0) is 27.2 Å². The van der Waals surface area contributed by atoms with Crippen molar-refractivity contribution in [3.05, 3.63) is 52.5 Å². The molecule has 13 nitrogen and oxygen atoms in total. The fourth-order valence-electron chi connectivity index (χ4n) is 4.21. The van der Waals surface area contributed by atoms with Crippen molar-refractivity contribution in [2.75, 3.05) is 19.6 Å². The highest BCUT2D eigenvalue weighted by Crippen LogP contribution is 2.08. The fourth-order valence-corrected chi connectivity index (χ4v) is 4.78. The highest BCUT2D eigenvalue weighted by atomic mass is 32.1. The molecular weight excluding hydrogens is 544 g/mol. The Morgan fingerprint density at radius 3 is 2.34 bits per heavy atom. The zero-order valence-electron chi connectivity index (χ0n) is 23.3. The Kier molecular flexibility index (Phi) is 15.3. The summed E-state index contributed by atoms with van der Waals surface area (Å²) >= 11 is 1.42. The molecule has 0 fully saturated rings. The normalized spacial score (nSPS) is 13.9. The van der Waals surface area contributed by atoms with Gasteiger partial charge in [0.2, 0.25) is 17.7 Å².